The van der Waals surface area contributed by atoms with Crippen LogP contribution in [0.25, 0.3) is 0 Å². The largest absolute Gasteiger partial charge is 0.365 e. The van der Waals surface area contributed by atoms with Gasteiger partial charge in [-0.25, -0.2) is 8.42 Å². The van der Waals surface area contributed by atoms with E-state index in [1.165, 1.54) is 12.1 Å². The third-order valence-corrected chi connectivity index (χ3v) is 6.84. The summed E-state index contributed by atoms with van der Waals surface area (Å²) < 4.78 is 25.5. The van der Waals surface area contributed by atoms with Crippen LogP contribution in [0, 0.1) is 17.2 Å². The van der Waals surface area contributed by atoms with E-state index in [0.29, 0.717) is 11.5 Å². The third kappa shape index (κ3) is 4.02. The van der Waals surface area contributed by atoms with Gasteiger partial charge in [0.05, 0.1) is 28.7 Å². The van der Waals surface area contributed by atoms with Crippen LogP contribution in [0.2, 0.25) is 0 Å². The number of rotatable bonds is 6. The zero-order valence-electron chi connectivity index (χ0n) is 15.6. The summed E-state index contributed by atoms with van der Waals surface area (Å²) in [6, 6.07) is 8.49. The Morgan fingerprint density at radius 1 is 1.32 bits per heavy atom. The average Bonchev–Trinajstić information content (AvgIpc) is 3.12. The zero-order valence-corrected chi connectivity index (χ0v) is 16.4. The first-order valence-electron chi connectivity index (χ1n) is 9.24. The van der Waals surface area contributed by atoms with Gasteiger partial charge < -0.3 is 11.1 Å². The maximum atomic E-state index is 11.9. The van der Waals surface area contributed by atoms with E-state index in [1.807, 2.05) is 0 Å². The summed E-state index contributed by atoms with van der Waals surface area (Å²) in [5, 5.41) is 16.9. The second-order valence-electron chi connectivity index (χ2n) is 6.88. The van der Waals surface area contributed by atoms with E-state index in [2.05, 4.69) is 16.5 Å². The lowest BCUT2D eigenvalue weighted by molar-refractivity contribution is 0.100. The molecule has 0 spiro atoms. The molecule has 0 radical (unpaired) electrons. The molecule has 28 heavy (non-hydrogen) atoms. The van der Waals surface area contributed by atoms with Gasteiger partial charge in [-0.1, -0.05) is 19.8 Å². The molecule has 0 aliphatic heterocycles. The average molecular weight is 401 g/mol. The smallest absolute Gasteiger partial charge is 0.254 e. The van der Waals surface area contributed by atoms with E-state index in [-0.39, 0.29) is 28.2 Å². The van der Waals surface area contributed by atoms with Crippen LogP contribution in [0.4, 0.5) is 11.5 Å². The number of nitrogens with zero attached hydrogens (tertiary/aromatic N) is 3. The topological polar surface area (TPSA) is 131 Å². The molecule has 3 rings (SSSR count). The van der Waals surface area contributed by atoms with Gasteiger partial charge in [0, 0.05) is 11.9 Å². The molecule has 9 heteroatoms. The summed E-state index contributed by atoms with van der Waals surface area (Å²) in [6.07, 6.45) is 5.23. The molecule has 1 aliphatic carbocycles. The number of anilines is 2. The fraction of sp³-hybridized carbons (Fsp3) is 0.421. The molecule has 1 aliphatic rings. The molecule has 1 aromatic heterocycles. The van der Waals surface area contributed by atoms with Gasteiger partial charge in [-0.05, 0) is 37.1 Å². The fourth-order valence-corrected chi connectivity index (χ4v) is 4.35. The zero-order chi connectivity index (χ0) is 20.3. The summed E-state index contributed by atoms with van der Waals surface area (Å²) in [5.74, 6) is -0.456. The fourth-order valence-electron chi connectivity index (χ4n) is 3.46. The van der Waals surface area contributed by atoms with Gasteiger partial charge in [-0.15, -0.1) is 0 Å². The molecular formula is C19H23N5O3S. The molecule has 1 saturated carbocycles. The van der Waals surface area contributed by atoms with Crippen LogP contribution in [0.5, 0.6) is 0 Å². The number of benzene rings is 1. The highest BCUT2D eigenvalue weighted by Crippen LogP contribution is 2.34. The van der Waals surface area contributed by atoms with Crippen LogP contribution in [0.1, 0.15) is 49.0 Å². The number of sulfone groups is 1. The summed E-state index contributed by atoms with van der Waals surface area (Å²) in [4.78, 5) is 12.1. The number of nitrogens with one attached hydrogen (secondary N) is 1. The Bertz CT molecular complexity index is 1010. The number of hydrogen-bond donors (Lipinski definition) is 2. The van der Waals surface area contributed by atoms with Crippen molar-refractivity contribution in [2.24, 2.45) is 11.7 Å². The molecule has 2 atom stereocenters. The number of nitrogens with two attached hydrogens (primary N) is 1. The van der Waals surface area contributed by atoms with Crippen LogP contribution in [-0.4, -0.2) is 29.9 Å². The van der Waals surface area contributed by atoms with Crippen molar-refractivity contribution in [2.45, 2.75) is 43.5 Å². The molecule has 3 N–H and O–H groups in total. The normalized spacial score (nSPS) is 19.7. The van der Waals surface area contributed by atoms with Crippen molar-refractivity contribution in [3.05, 3.63) is 36.0 Å². The Hall–Kier alpha value is -2.86. The molecule has 1 fully saturated rings. The molecule has 2 aromatic rings. The highest BCUT2D eigenvalue weighted by Gasteiger charge is 2.29. The van der Waals surface area contributed by atoms with Gasteiger partial charge in [0.25, 0.3) is 5.91 Å². The lowest BCUT2D eigenvalue weighted by Crippen LogP contribution is -2.22. The van der Waals surface area contributed by atoms with Crippen LogP contribution < -0.4 is 11.1 Å². The summed E-state index contributed by atoms with van der Waals surface area (Å²) >= 11 is 0. The summed E-state index contributed by atoms with van der Waals surface area (Å²) in [5.41, 5.74) is 6.32. The van der Waals surface area contributed by atoms with Crippen LogP contribution in [-0.2, 0) is 9.84 Å². The van der Waals surface area contributed by atoms with Crippen LogP contribution >= 0.6 is 0 Å². The van der Waals surface area contributed by atoms with Gasteiger partial charge in [-0.2, -0.15) is 10.4 Å². The van der Waals surface area contributed by atoms with Gasteiger partial charge in [-0.3, -0.25) is 9.48 Å². The standard InChI is InChI=1S/C19H23N5O3S/c1-2-28(26,27)15-9-7-14(8-10-15)22-19-16(18(21)25)12-24(23-19)17-6-4-3-5-13(17)11-20/h7-10,12-13,17H,2-6H2,1H3,(H2,21,25)(H,22,23)/t13?,17-/m0/s1. The number of carbonyl (C=O) groups is 1. The molecule has 1 unspecified atom stereocenters. The van der Waals surface area contributed by atoms with Crippen LogP contribution in [0.3, 0.4) is 0 Å². The van der Waals surface area contributed by atoms with Crippen molar-refractivity contribution in [3.63, 3.8) is 0 Å². The minimum absolute atomic E-state index is 0.0253. The predicted molar refractivity (Wildman–Crippen MR) is 105 cm³/mol. The lowest BCUT2D eigenvalue weighted by atomic mass is 9.85. The van der Waals surface area contributed by atoms with E-state index >= 15 is 0 Å². The van der Waals surface area contributed by atoms with E-state index < -0.39 is 15.7 Å². The molecule has 0 bridgehead atoms. The SMILES string of the molecule is CCS(=O)(=O)c1ccc(Nc2nn([C@H]3CCCCC3C#N)cc2C(N)=O)cc1. The first kappa shape index (κ1) is 19.9. The maximum Gasteiger partial charge on any atom is 0.254 e. The number of nitriles is 1. The summed E-state index contributed by atoms with van der Waals surface area (Å²) in [6.45, 7) is 1.59. The summed E-state index contributed by atoms with van der Waals surface area (Å²) in [7, 11) is -3.28. The first-order chi connectivity index (χ1) is 13.4. The van der Waals surface area contributed by atoms with Crippen molar-refractivity contribution in [2.75, 3.05) is 11.1 Å². The van der Waals surface area contributed by atoms with E-state index in [4.69, 9.17) is 5.73 Å². The monoisotopic (exact) mass is 401 g/mol. The first-order valence-corrected chi connectivity index (χ1v) is 10.9. The predicted octanol–water partition coefficient (Wildman–Crippen LogP) is 2.77. The lowest BCUT2D eigenvalue weighted by Gasteiger charge is -2.26. The Morgan fingerprint density at radius 3 is 2.61 bits per heavy atom. The Kier molecular flexibility index (Phi) is 5.70. The van der Waals surface area contributed by atoms with Gasteiger partial charge >= 0.3 is 0 Å². The Balaban J connectivity index is 1.88. The molecule has 1 aromatic carbocycles. The van der Waals surface area contributed by atoms with Gasteiger partial charge in [0.2, 0.25) is 0 Å². The van der Waals surface area contributed by atoms with Crippen molar-refractivity contribution in [1.82, 2.24) is 9.78 Å². The van der Waals surface area contributed by atoms with Crippen molar-refractivity contribution < 1.29 is 13.2 Å². The second kappa shape index (κ2) is 8.02. The number of carbonyl (C=O) groups excluding carboxylic acids is 1. The van der Waals surface area contributed by atoms with Gasteiger partial charge in [0.1, 0.15) is 5.56 Å². The van der Waals surface area contributed by atoms with Crippen molar-refractivity contribution in [1.29, 1.82) is 5.26 Å². The number of aromatic nitrogens is 2. The second-order valence-corrected chi connectivity index (χ2v) is 9.15. The molecule has 1 amide bonds. The van der Waals surface area contributed by atoms with Gasteiger partial charge in [0.15, 0.2) is 15.7 Å². The van der Waals surface area contributed by atoms with E-state index in [1.54, 1.807) is 29.9 Å². The highest BCUT2D eigenvalue weighted by atomic mass is 32.2. The van der Waals surface area contributed by atoms with Crippen molar-refractivity contribution >= 4 is 27.2 Å². The molecule has 0 saturated heterocycles. The molecule has 8 nitrogen and oxygen atoms in total. The quantitative estimate of drug-likeness (QED) is 0.765. The van der Waals surface area contributed by atoms with Crippen LogP contribution in [0.15, 0.2) is 35.4 Å². The minimum atomic E-state index is -3.28. The van der Waals surface area contributed by atoms with E-state index in [0.717, 1.165) is 25.7 Å². The highest BCUT2D eigenvalue weighted by molar-refractivity contribution is 7.91. The Morgan fingerprint density at radius 2 is 2.00 bits per heavy atom. The minimum Gasteiger partial charge on any atom is -0.365 e. The number of hydrogen-bond acceptors (Lipinski definition) is 6. The number of amides is 1. The molecular weight excluding hydrogens is 378 g/mol. The third-order valence-electron chi connectivity index (χ3n) is 5.09. The Labute approximate surface area is 164 Å². The number of primary amides is 1. The maximum absolute atomic E-state index is 11.9. The molecule has 1 heterocycles. The van der Waals surface area contributed by atoms with E-state index in [9.17, 15) is 18.5 Å². The van der Waals surface area contributed by atoms with Crippen molar-refractivity contribution in [3.8, 4) is 6.07 Å². The molecule has 148 valence electrons.